The van der Waals surface area contributed by atoms with Crippen molar-refractivity contribution in [3.05, 3.63) is 35.3 Å². The molecule has 1 saturated heterocycles. The number of carbonyl (C=O) groups is 1. The number of nitrogens with zero attached hydrogens (tertiary/aromatic N) is 5. The van der Waals surface area contributed by atoms with Crippen molar-refractivity contribution in [1.82, 2.24) is 25.5 Å². The molecule has 0 spiro atoms. The maximum Gasteiger partial charge on any atom is 0.251 e. The number of fused-ring (bicyclic) bond motifs is 1. The third-order valence-electron chi connectivity index (χ3n) is 7.51. The summed E-state index contributed by atoms with van der Waals surface area (Å²) in [5, 5.41) is 17.2. The monoisotopic (exact) mass is 512 g/mol. The van der Waals surface area contributed by atoms with E-state index in [0.29, 0.717) is 35.5 Å². The molecule has 1 unspecified atom stereocenters. The highest BCUT2D eigenvalue weighted by Crippen LogP contribution is 2.27. The van der Waals surface area contributed by atoms with Crippen LogP contribution in [0.15, 0.2) is 40.2 Å². The molecule has 3 N–H and O–H groups in total. The molecule has 2 aliphatic carbocycles. The minimum atomic E-state index is -0.523. The Balaban J connectivity index is 1.13. The molecule has 1 aromatic rings. The molecule has 192 valence electrons. The molecule has 0 bridgehead atoms. The van der Waals surface area contributed by atoms with Crippen molar-refractivity contribution in [1.29, 1.82) is 0 Å². The second kappa shape index (κ2) is 10.4. The quantitative estimate of drug-likeness (QED) is 0.500. The summed E-state index contributed by atoms with van der Waals surface area (Å²) in [7, 11) is 0. The summed E-state index contributed by atoms with van der Waals surface area (Å²) in [6.45, 7) is 4.13. The Labute approximate surface area is 216 Å². The van der Waals surface area contributed by atoms with E-state index in [4.69, 9.17) is 21.4 Å². The van der Waals surface area contributed by atoms with Gasteiger partial charge in [0, 0.05) is 49.2 Å². The first-order chi connectivity index (χ1) is 17.6. The standard InChI is InChI=1S/C25H33ClN8O2/c26-22-13-18(7-8-27-22)31-25(35)21-15-28-24-20(29-16-1-2-16)14-23(32-34(21)24)30-17-3-5-19(6-4-17)33-9-11-36-12-10-33/h7-8,13-14,16-17,19,21,29H,1-6,9-12,15H2,(H,30,32)(H,27,31,35)/t17-,19-,21?. The van der Waals surface area contributed by atoms with Gasteiger partial charge >= 0.3 is 0 Å². The molecule has 6 rings (SSSR count). The summed E-state index contributed by atoms with van der Waals surface area (Å²) in [4.78, 5) is 24.4. The Morgan fingerprint density at radius 2 is 1.81 bits per heavy atom. The second-order valence-electron chi connectivity index (χ2n) is 10.1. The van der Waals surface area contributed by atoms with Gasteiger partial charge in [-0.1, -0.05) is 11.6 Å². The number of ether oxygens (including phenoxy) is 1. The topological polar surface area (TPSA) is 106 Å². The number of aromatic nitrogens is 1. The van der Waals surface area contributed by atoms with Crippen LogP contribution in [0, 0.1) is 0 Å². The Hall–Kier alpha value is -2.69. The van der Waals surface area contributed by atoms with E-state index in [9.17, 15) is 4.79 Å². The van der Waals surface area contributed by atoms with Crippen molar-refractivity contribution in [2.24, 2.45) is 10.1 Å². The van der Waals surface area contributed by atoms with Gasteiger partial charge in [0.1, 0.15) is 11.0 Å². The maximum atomic E-state index is 13.2. The molecule has 1 aromatic heterocycles. The van der Waals surface area contributed by atoms with E-state index in [1.165, 1.54) is 12.8 Å². The Kier molecular flexibility index (Phi) is 6.81. The van der Waals surface area contributed by atoms with E-state index in [-0.39, 0.29) is 5.91 Å². The molecule has 36 heavy (non-hydrogen) atoms. The van der Waals surface area contributed by atoms with Crippen LogP contribution in [-0.2, 0) is 9.53 Å². The molecule has 0 radical (unpaired) electrons. The summed E-state index contributed by atoms with van der Waals surface area (Å²) in [6.07, 6.45) is 10.5. The van der Waals surface area contributed by atoms with E-state index < -0.39 is 6.04 Å². The number of halogens is 1. The third-order valence-corrected chi connectivity index (χ3v) is 7.71. The Morgan fingerprint density at radius 1 is 1.06 bits per heavy atom. The molecule has 5 aliphatic rings. The van der Waals surface area contributed by atoms with Gasteiger partial charge in [-0.3, -0.25) is 14.7 Å². The van der Waals surface area contributed by atoms with Crippen molar-refractivity contribution in [3.63, 3.8) is 0 Å². The van der Waals surface area contributed by atoms with Gasteiger partial charge in [-0.25, -0.2) is 9.99 Å². The number of hydrazone groups is 1. The van der Waals surface area contributed by atoms with Crippen LogP contribution in [0.1, 0.15) is 38.5 Å². The van der Waals surface area contributed by atoms with Gasteiger partial charge < -0.3 is 20.7 Å². The molecule has 3 aliphatic heterocycles. The van der Waals surface area contributed by atoms with E-state index in [0.717, 1.165) is 69.4 Å². The van der Waals surface area contributed by atoms with Crippen molar-refractivity contribution >= 4 is 34.9 Å². The van der Waals surface area contributed by atoms with Crippen LogP contribution in [0.5, 0.6) is 0 Å². The van der Waals surface area contributed by atoms with Crippen LogP contribution < -0.4 is 16.0 Å². The number of hydrogen-bond acceptors (Lipinski definition) is 9. The van der Waals surface area contributed by atoms with Crippen molar-refractivity contribution in [3.8, 4) is 0 Å². The number of amidine groups is 2. The molecular formula is C25H33ClN8O2. The molecule has 10 nitrogen and oxygen atoms in total. The number of hydrogen-bond donors (Lipinski definition) is 3. The van der Waals surface area contributed by atoms with Crippen LogP contribution in [-0.4, -0.2) is 89.5 Å². The zero-order valence-electron chi connectivity index (χ0n) is 20.3. The van der Waals surface area contributed by atoms with E-state index in [1.54, 1.807) is 23.3 Å². The van der Waals surface area contributed by atoms with Crippen LogP contribution in [0.2, 0.25) is 5.15 Å². The van der Waals surface area contributed by atoms with Gasteiger partial charge in [0.05, 0.1) is 25.5 Å². The second-order valence-corrected chi connectivity index (χ2v) is 10.5. The number of aliphatic imine (C=N–C) groups is 1. The first-order valence-corrected chi connectivity index (χ1v) is 13.4. The highest BCUT2D eigenvalue weighted by molar-refractivity contribution is 6.29. The number of pyridine rings is 1. The van der Waals surface area contributed by atoms with E-state index >= 15 is 0 Å². The lowest BCUT2D eigenvalue weighted by molar-refractivity contribution is -0.119. The molecule has 1 atom stereocenters. The fourth-order valence-corrected chi connectivity index (χ4v) is 5.58. The maximum absolute atomic E-state index is 13.2. The van der Waals surface area contributed by atoms with Crippen molar-refractivity contribution in [2.75, 3.05) is 38.2 Å². The normalized spacial score (nSPS) is 28.5. The first-order valence-electron chi connectivity index (χ1n) is 13.0. The van der Waals surface area contributed by atoms with Crippen LogP contribution in [0.25, 0.3) is 0 Å². The Bertz CT molecular complexity index is 1070. The average molecular weight is 513 g/mol. The zero-order valence-corrected chi connectivity index (χ0v) is 21.1. The van der Waals surface area contributed by atoms with E-state index in [2.05, 4.69) is 36.9 Å². The Morgan fingerprint density at radius 3 is 2.56 bits per heavy atom. The summed E-state index contributed by atoms with van der Waals surface area (Å²) in [5.74, 6) is 1.35. The van der Waals surface area contributed by atoms with Crippen LogP contribution >= 0.6 is 11.6 Å². The number of anilines is 1. The molecule has 3 fully saturated rings. The first kappa shape index (κ1) is 23.7. The summed E-state index contributed by atoms with van der Waals surface area (Å²) in [5.41, 5.74) is 1.55. The number of amides is 1. The molecule has 1 amide bonds. The summed E-state index contributed by atoms with van der Waals surface area (Å²) < 4.78 is 5.52. The third kappa shape index (κ3) is 5.35. The lowest BCUT2D eigenvalue weighted by Gasteiger charge is -2.39. The van der Waals surface area contributed by atoms with Crippen molar-refractivity contribution in [2.45, 2.75) is 62.7 Å². The predicted molar refractivity (Wildman–Crippen MR) is 139 cm³/mol. The molecule has 11 heteroatoms. The number of rotatable bonds is 6. The minimum absolute atomic E-state index is 0.169. The molecule has 4 heterocycles. The fourth-order valence-electron chi connectivity index (χ4n) is 5.40. The highest BCUT2D eigenvalue weighted by atomic mass is 35.5. The summed E-state index contributed by atoms with van der Waals surface area (Å²) in [6, 6.07) is 4.32. The minimum Gasteiger partial charge on any atom is -0.379 e. The van der Waals surface area contributed by atoms with Crippen LogP contribution in [0.3, 0.4) is 0 Å². The van der Waals surface area contributed by atoms with Crippen molar-refractivity contribution < 1.29 is 9.53 Å². The van der Waals surface area contributed by atoms with Gasteiger partial charge in [0.2, 0.25) is 0 Å². The van der Waals surface area contributed by atoms with Gasteiger partial charge in [-0.15, -0.1) is 0 Å². The molecular weight excluding hydrogens is 480 g/mol. The lowest BCUT2D eigenvalue weighted by Crippen LogP contribution is -2.50. The lowest BCUT2D eigenvalue weighted by atomic mass is 9.90. The van der Waals surface area contributed by atoms with Gasteiger partial charge in [0.25, 0.3) is 5.91 Å². The fraction of sp³-hybridized carbons (Fsp3) is 0.600. The zero-order chi connectivity index (χ0) is 24.5. The van der Waals surface area contributed by atoms with Gasteiger partial charge in [0.15, 0.2) is 11.9 Å². The van der Waals surface area contributed by atoms with Gasteiger partial charge in [-0.2, -0.15) is 5.10 Å². The average Bonchev–Trinajstić information content (AvgIpc) is 3.60. The van der Waals surface area contributed by atoms with E-state index in [1.807, 2.05) is 0 Å². The number of morpholine rings is 1. The molecule has 0 aromatic carbocycles. The largest absolute Gasteiger partial charge is 0.379 e. The van der Waals surface area contributed by atoms with Gasteiger partial charge in [-0.05, 0) is 50.7 Å². The summed E-state index contributed by atoms with van der Waals surface area (Å²) >= 11 is 5.99. The number of nitrogens with one attached hydrogen (secondary N) is 3. The predicted octanol–water partition coefficient (Wildman–Crippen LogP) is 1.95. The highest BCUT2D eigenvalue weighted by Gasteiger charge is 2.39. The van der Waals surface area contributed by atoms with Crippen LogP contribution in [0.4, 0.5) is 5.69 Å². The molecule has 2 saturated carbocycles. The number of carbonyl (C=O) groups excluding carboxylic acids is 1. The SMILES string of the molecule is O=C(Nc1ccnc(Cl)c1)C1CN=C2C(NC3CC3)=CC(N[C@H]3CC[C@H](N4CCOCC4)CC3)=NN21. The smallest absolute Gasteiger partial charge is 0.251 e.